The van der Waals surface area contributed by atoms with Crippen molar-refractivity contribution in [3.63, 3.8) is 0 Å². The molecule has 1 fully saturated rings. The quantitative estimate of drug-likeness (QED) is 0.925. The number of hydrogen-bond acceptors (Lipinski definition) is 3. The average Bonchev–Trinajstić information content (AvgIpc) is 2.82. The number of ether oxygens (including phenoxy) is 1. The van der Waals surface area contributed by atoms with Gasteiger partial charge in [0, 0.05) is 31.1 Å². The lowest BCUT2D eigenvalue weighted by Crippen LogP contribution is -2.51. The van der Waals surface area contributed by atoms with Gasteiger partial charge in [0.2, 0.25) is 0 Å². The van der Waals surface area contributed by atoms with Crippen LogP contribution in [0.4, 0.5) is 0 Å². The maximum Gasteiger partial charge on any atom is 0.123 e. The van der Waals surface area contributed by atoms with E-state index in [0.717, 1.165) is 31.8 Å². The first-order valence-electron chi connectivity index (χ1n) is 8.33. The zero-order chi connectivity index (χ0) is 14.9. The lowest BCUT2D eigenvalue weighted by atomic mass is 9.98. The van der Waals surface area contributed by atoms with E-state index in [1.54, 1.807) is 0 Å². The van der Waals surface area contributed by atoms with E-state index in [1.165, 1.54) is 18.4 Å². The first-order chi connectivity index (χ1) is 10.1. The van der Waals surface area contributed by atoms with E-state index >= 15 is 0 Å². The van der Waals surface area contributed by atoms with Gasteiger partial charge in [-0.3, -0.25) is 4.90 Å². The molecule has 1 aromatic carbocycles. The Morgan fingerprint density at radius 1 is 1.38 bits per heavy atom. The van der Waals surface area contributed by atoms with Gasteiger partial charge in [-0.1, -0.05) is 25.1 Å². The Morgan fingerprint density at radius 3 is 2.95 bits per heavy atom. The molecule has 0 radical (unpaired) electrons. The number of rotatable bonds is 3. The van der Waals surface area contributed by atoms with Crippen LogP contribution in [0.3, 0.4) is 0 Å². The molecule has 1 aromatic rings. The molecule has 3 nitrogen and oxygen atoms in total. The third kappa shape index (κ3) is 3.24. The summed E-state index contributed by atoms with van der Waals surface area (Å²) in [5.41, 5.74) is 1.59. The summed E-state index contributed by atoms with van der Waals surface area (Å²) in [6, 6.07) is 9.08. The molecule has 0 amide bonds. The number of nitrogens with zero attached hydrogens (tertiary/aromatic N) is 1. The first-order valence-corrected chi connectivity index (χ1v) is 8.33. The van der Waals surface area contributed by atoms with Crippen LogP contribution in [0, 0.1) is 0 Å². The molecule has 0 spiro atoms. The summed E-state index contributed by atoms with van der Waals surface area (Å²) in [4.78, 5) is 2.63. The molecule has 3 unspecified atom stereocenters. The molecular weight excluding hydrogens is 260 g/mol. The number of para-hydroxylation sites is 1. The van der Waals surface area contributed by atoms with E-state index < -0.39 is 0 Å². The van der Waals surface area contributed by atoms with Gasteiger partial charge in [0.15, 0.2) is 0 Å². The Hall–Kier alpha value is -1.06. The third-order valence-electron chi connectivity index (χ3n) is 5.22. The van der Waals surface area contributed by atoms with Crippen LogP contribution >= 0.6 is 0 Å². The fourth-order valence-corrected chi connectivity index (χ4v) is 3.52. The second-order valence-corrected chi connectivity index (χ2v) is 6.96. The molecule has 2 aliphatic rings. The molecule has 2 aliphatic heterocycles. The topological polar surface area (TPSA) is 24.5 Å². The van der Waals surface area contributed by atoms with Crippen LogP contribution in [0.1, 0.15) is 39.2 Å². The third-order valence-corrected chi connectivity index (χ3v) is 5.22. The number of nitrogens with one attached hydrogen (secondary N) is 1. The number of fused-ring (bicyclic) bond motifs is 1. The lowest BCUT2D eigenvalue weighted by molar-refractivity contribution is 0.106. The number of hydrogen-bond donors (Lipinski definition) is 1. The summed E-state index contributed by atoms with van der Waals surface area (Å²) < 4.78 is 6.14. The molecule has 116 valence electrons. The highest BCUT2D eigenvalue weighted by atomic mass is 16.5. The summed E-state index contributed by atoms with van der Waals surface area (Å²) >= 11 is 0. The number of benzene rings is 1. The fourth-order valence-electron chi connectivity index (χ4n) is 3.52. The van der Waals surface area contributed by atoms with Crippen LogP contribution in [0.25, 0.3) is 0 Å². The van der Waals surface area contributed by atoms with Gasteiger partial charge in [-0.05, 0) is 44.9 Å². The summed E-state index contributed by atoms with van der Waals surface area (Å²) in [6.07, 6.45) is 3.75. The second-order valence-electron chi connectivity index (χ2n) is 6.96. The fraction of sp³-hybridized carbons (Fsp3) is 0.667. The van der Waals surface area contributed by atoms with Gasteiger partial charge in [0.25, 0.3) is 0 Å². The Bertz CT molecular complexity index is 465. The van der Waals surface area contributed by atoms with Crippen LogP contribution in [0.15, 0.2) is 24.3 Å². The minimum Gasteiger partial charge on any atom is -0.488 e. The average molecular weight is 288 g/mol. The maximum atomic E-state index is 6.14. The van der Waals surface area contributed by atoms with E-state index in [1.807, 2.05) is 0 Å². The van der Waals surface area contributed by atoms with E-state index in [9.17, 15) is 0 Å². The smallest absolute Gasteiger partial charge is 0.123 e. The van der Waals surface area contributed by atoms with Crippen LogP contribution in [-0.4, -0.2) is 42.2 Å². The molecule has 0 aromatic heterocycles. The molecule has 2 heterocycles. The van der Waals surface area contributed by atoms with E-state index in [0.29, 0.717) is 12.1 Å². The normalized spacial score (nSPS) is 33.3. The van der Waals surface area contributed by atoms with Crippen molar-refractivity contribution in [3.05, 3.63) is 29.8 Å². The second kappa shape index (κ2) is 5.98. The highest BCUT2D eigenvalue weighted by Crippen LogP contribution is 2.29. The Morgan fingerprint density at radius 2 is 2.19 bits per heavy atom. The largest absolute Gasteiger partial charge is 0.488 e. The molecule has 3 rings (SSSR count). The van der Waals surface area contributed by atoms with Crippen molar-refractivity contribution in [3.8, 4) is 5.75 Å². The van der Waals surface area contributed by atoms with Gasteiger partial charge in [0.05, 0.1) is 0 Å². The summed E-state index contributed by atoms with van der Waals surface area (Å²) in [5.74, 6) is 1.08. The zero-order valence-electron chi connectivity index (χ0n) is 13.6. The minimum absolute atomic E-state index is 0.232. The predicted octanol–water partition coefficient (Wildman–Crippen LogP) is 2.84. The van der Waals surface area contributed by atoms with Crippen molar-refractivity contribution in [2.75, 3.05) is 19.6 Å². The zero-order valence-corrected chi connectivity index (χ0v) is 13.6. The summed E-state index contributed by atoms with van der Waals surface area (Å²) in [6.45, 7) is 10.2. The maximum absolute atomic E-state index is 6.14. The van der Waals surface area contributed by atoms with Crippen LogP contribution in [-0.2, 0) is 6.42 Å². The molecule has 21 heavy (non-hydrogen) atoms. The first kappa shape index (κ1) is 14.9. The molecule has 3 atom stereocenters. The Balaban J connectivity index is 1.66. The van der Waals surface area contributed by atoms with Gasteiger partial charge in [-0.25, -0.2) is 0 Å². The Labute approximate surface area is 128 Å². The lowest BCUT2D eigenvalue weighted by Gasteiger charge is -2.36. The van der Waals surface area contributed by atoms with E-state index in [4.69, 9.17) is 4.74 Å². The van der Waals surface area contributed by atoms with E-state index in [-0.39, 0.29) is 5.54 Å². The van der Waals surface area contributed by atoms with Crippen molar-refractivity contribution in [1.29, 1.82) is 0 Å². The molecular formula is C18H28N2O. The standard InChI is InChI=1S/C18H28N2O/c1-4-18(3)13-20(14(2)9-10-19-18)12-16-11-15-7-5-6-8-17(15)21-16/h5-8,14,16,19H,4,9-13H2,1-3H3. The molecule has 1 saturated heterocycles. The van der Waals surface area contributed by atoms with E-state index in [2.05, 4.69) is 55.3 Å². The van der Waals surface area contributed by atoms with Crippen molar-refractivity contribution < 1.29 is 4.74 Å². The van der Waals surface area contributed by atoms with Gasteiger partial charge in [-0.15, -0.1) is 0 Å². The SMILES string of the molecule is CCC1(C)CN(CC2Cc3ccccc3O2)C(C)CCN1. The molecule has 1 N–H and O–H groups in total. The van der Waals surface area contributed by atoms with Gasteiger partial charge in [0.1, 0.15) is 11.9 Å². The molecule has 3 heteroatoms. The monoisotopic (exact) mass is 288 g/mol. The van der Waals surface area contributed by atoms with Crippen molar-refractivity contribution >= 4 is 0 Å². The van der Waals surface area contributed by atoms with Crippen molar-refractivity contribution in [2.24, 2.45) is 0 Å². The molecule has 0 bridgehead atoms. The van der Waals surface area contributed by atoms with Crippen LogP contribution in [0.5, 0.6) is 5.75 Å². The predicted molar refractivity (Wildman–Crippen MR) is 86.9 cm³/mol. The Kier molecular flexibility index (Phi) is 4.23. The summed E-state index contributed by atoms with van der Waals surface area (Å²) in [5, 5.41) is 3.73. The molecule has 0 saturated carbocycles. The van der Waals surface area contributed by atoms with Gasteiger partial charge >= 0.3 is 0 Å². The highest BCUT2D eigenvalue weighted by molar-refractivity contribution is 5.37. The van der Waals surface area contributed by atoms with Crippen molar-refractivity contribution in [2.45, 2.75) is 57.7 Å². The summed E-state index contributed by atoms with van der Waals surface area (Å²) in [7, 11) is 0. The van der Waals surface area contributed by atoms with Gasteiger partial charge in [-0.2, -0.15) is 0 Å². The minimum atomic E-state index is 0.232. The van der Waals surface area contributed by atoms with Gasteiger partial charge < -0.3 is 10.1 Å². The van der Waals surface area contributed by atoms with Crippen LogP contribution in [0.2, 0.25) is 0 Å². The van der Waals surface area contributed by atoms with Crippen molar-refractivity contribution in [1.82, 2.24) is 10.2 Å². The molecule has 0 aliphatic carbocycles. The highest BCUT2D eigenvalue weighted by Gasteiger charge is 2.33. The van der Waals surface area contributed by atoms with Crippen LogP contribution < -0.4 is 10.1 Å².